The molecule has 36 heavy (non-hydrogen) atoms. The number of para-hydroxylation sites is 2. The van der Waals surface area contributed by atoms with Crippen molar-refractivity contribution in [2.45, 2.75) is 6.36 Å². The summed E-state index contributed by atoms with van der Waals surface area (Å²) in [5.74, 6) is 0.524. The van der Waals surface area contributed by atoms with E-state index in [1.165, 1.54) is 18.5 Å². The molecule has 0 aliphatic heterocycles. The molecule has 0 spiro atoms. The number of rotatable bonds is 8. The van der Waals surface area contributed by atoms with Gasteiger partial charge in [-0.05, 0) is 54.2 Å². The monoisotopic (exact) mass is 514 g/mol. The van der Waals surface area contributed by atoms with Crippen LogP contribution in [-0.4, -0.2) is 37.0 Å². The number of methoxy groups -OCH3 is 1. The third-order valence-electron chi connectivity index (χ3n) is 4.42. The zero-order valence-electron chi connectivity index (χ0n) is 18.9. The van der Waals surface area contributed by atoms with Crippen LogP contribution in [0, 0.1) is 0 Å². The molecule has 0 aliphatic carbocycles. The number of hydrogen-bond donors (Lipinski definition) is 3. The summed E-state index contributed by atoms with van der Waals surface area (Å²) >= 11 is 5.23. The first-order chi connectivity index (χ1) is 17.2. The van der Waals surface area contributed by atoms with Crippen LogP contribution < -0.4 is 25.9 Å². The first kappa shape index (κ1) is 26.2. The quantitative estimate of drug-likeness (QED) is 0.170. The molecule has 0 saturated heterocycles. The highest BCUT2D eigenvalue weighted by molar-refractivity contribution is 7.80. The van der Waals surface area contributed by atoms with E-state index in [1.54, 1.807) is 37.6 Å². The lowest BCUT2D eigenvalue weighted by molar-refractivity contribution is -0.274. The Hall–Kier alpha value is -4.45. The van der Waals surface area contributed by atoms with Crippen LogP contribution in [0.25, 0.3) is 0 Å². The second-order valence-electron chi connectivity index (χ2n) is 6.95. The first-order valence-corrected chi connectivity index (χ1v) is 10.7. The summed E-state index contributed by atoms with van der Waals surface area (Å²) in [6, 6.07) is 19.5. The third kappa shape index (κ3) is 8.40. The number of ether oxygens (including phenoxy) is 2. The number of nitrogens with zero attached hydrogens (tertiary/aromatic N) is 3. The van der Waals surface area contributed by atoms with Gasteiger partial charge in [0.15, 0.2) is 5.11 Å². The molecule has 0 fully saturated rings. The Morgan fingerprint density at radius 1 is 1.00 bits per heavy atom. The Morgan fingerprint density at radius 3 is 2.36 bits per heavy atom. The summed E-state index contributed by atoms with van der Waals surface area (Å²) < 4.78 is 45.7. The molecular weight excluding hydrogens is 493 g/mol. The maximum atomic E-state index is 12.2. The average molecular weight is 515 g/mol. The number of benzene rings is 3. The van der Waals surface area contributed by atoms with E-state index >= 15 is 0 Å². The minimum absolute atomic E-state index is 0.208. The Kier molecular flexibility index (Phi) is 8.95. The van der Waals surface area contributed by atoms with Crippen LogP contribution in [0.4, 0.5) is 24.5 Å². The fraction of sp³-hybridized carbons (Fsp3) is 0.0833. The predicted octanol–water partition coefficient (Wildman–Crippen LogP) is 4.98. The van der Waals surface area contributed by atoms with Gasteiger partial charge in [-0.25, -0.2) is 9.98 Å². The first-order valence-electron chi connectivity index (χ1n) is 10.3. The van der Waals surface area contributed by atoms with E-state index in [4.69, 9.17) is 22.7 Å². The molecule has 0 saturated carbocycles. The van der Waals surface area contributed by atoms with Gasteiger partial charge in [-0.1, -0.05) is 36.4 Å². The number of alkyl halides is 3. The molecule has 0 bridgehead atoms. The summed E-state index contributed by atoms with van der Waals surface area (Å²) in [7, 11) is 1.57. The van der Waals surface area contributed by atoms with Crippen LogP contribution >= 0.6 is 12.2 Å². The normalized spacial score (nSPS) is 12.1. The Labute approximate surface area is 210 Å². The molecule has 0 atom stereocenters. The summed E-state index contributed by atoms with van der Waals surface area (Å²) in [5, 5.41) is 7.40. The van der Waals surface area contributed by atoms with Crippen molar-refractivity contribution in [1.82, 2.24) is 5.43 Å². The SMILES string of the molecule is COc1ccccc1NC(=S)N/N=C/c1ccc(C(N)=NC=Nc2ccc(OC(F)(F)F)cc2)cc1. The highest BCUT2D eigenvalue weighted by Gasteiger charge is 2.30. The van der Waals surface area contributed by atoms with Crippen molar-refractivity contribution in [3.05, 3.63) is 83.9 Å². The maximum absolute atomic E-state index is 12.2. The molecule has 0 heterocycles. The van der Waals surface area contributed by atoms with Gasteiger partial charge in [0, 0.05) is 5.56 Å². The van der Waals surface area contributed by atoms with Crippen LogP contribution in [-0.2, 0) is 0 Å². The number of amidine groups is 1. The molecule has 0 unspecified atom stereocenters. The Bertz CT molecular complexity index is 1260. The van der Waals surface area contributed by atoms with Gasteiger partial charge in [-0.2, -0.15) is 5.10 Å². The molecule has 8 nitrogen and oxygen atoms in total. The molecule has 3 aromatic rings. The molecule has 0 amide bonds. The van der Waals surface area contributed by atoms with Gasteiger partial charge in [0.2, 0.25) is 0 Å². The molecule has 3 rings (SSSR count). The van der Waals surface area contributed by atoms with Gasteiger partial charge < -0.3 is 20.5 Å². The number of hydrazone groups is 1. The summed E-state index contributed by atoms with van der Waals surface area (Å²) in [6.45, 7) is 0. The lowest BCUT2D eigenvalue weighted by Gasteiger charge is -2.10. The largest absolute Gasteiger partial charge is 0.573 e. The lowest BCUT2D eigenvalue weighted by Crippen LogP contribution is -2.24. The number of halogens is 3. The van der Waals surface area contributed by atoms with Crippen LogP contribution in [0.5, 0.6) is 11.5 Å². The van der Waals surface area contributed by atoms with E-state index in [2.05, 4.69) is 30.6 Å². The maximum Gasteiger partial charge on any atom is 0.573 e. The van der Waals surface area contributed by atoms with Crippen LogP contribution in [0.2, 0.25) is 0 Å². The molecule has 0 aliphatic rings. The fourth-order valence-corrected chi connectivity index (χ4v) is 2.93. The smallest absolute Gasteiger partial charge is 0.495 e. The number of hydrogen-bond acceptors (Lipinski definition) is 5. The van der Waals surface area contributed by atoms with Crippen LogP contribution in [0.1, 0.15) is 11.1 Å². The molecule has 3 aromatic carbocycles. The Balaban J connectivity index is 1.52. The van der Waals surface area contributed by atoms with Crippen molar-refractivity contribution in [3.63, 3.8) is 0 Å². The van der Waals surface area contributed by atoms with Crippen molar-refractivity contribution in [3.8, 4) is 11.5 Å². The number of aliphatic imine (C=N–C) groups is 2. The number of thiocarbonyl (C=S) groups is 1. The highest BCUT2D eigenvalue weighted by Crippen LogP contribution is 2.25. The van der Waals surface area contributed by atoms with Gasteiger partial charge in [-0.15, -0.1) is 13.2 Å². The van der Waals surface area contributed by atoms with E-state index in [0.29, 0.717) is 27.8 Å². The summed E-state index contributed by atoms with van der Waals surface area (Å²) in [5.41, 5.74) is 11.2. The molecule has 0 radical (unpaired) electrons. The number of nitrogens with one attached hydrogen (secondary N) is 2. The van der Waals surface area contributed by atoms with Gasteiger partial charge in [-0.3, -0.25) is 5.43 Å². The second-order valence-corrected chi connectivity index (χ2v) is 7.36. The van der Waals surface area contributed by atoms with Gasteiger partial charge >= 0.3 is 6.36 Å². The number of nitrogens with two attached hydrogens (primary N) is 1. The molecule has 12 heteroatoms. The average Bonchev–Trinajstić information content (AvgIpc) is 2.85. The van der Waals surface area contributed by atoms with Gasteiger partial charge in [0.25, 0.3) is 0 Å². The third-order valence-corrected chi connectivity index (χ3v) is 4.61. The van der Waals surface area contributed by atoms with Crippen molar-refractivity contribution >= 4 is 47.1 Å². The van der Waals surface area contributed by atoms with Gasteiger partial charge in [0.1, 0.15) is 23.7 Å². The highest BCUT2D eigenvalue weighted by atomic mass is 32.1. The van der Waals surface area contributed by atoms with Crippen LogP contribution in [0.15, 0.2) is 87.9 Å². The van der Waals surface area contributed by atoms with E-state index in [9.17, 15) is 13.2 Å². The van der Waals surface area contributed by atoms with Crippen molar-refractivity contribution < 1.29 is 22.6 Å². The second kappa shape index (κ2) is 12.3. The minimum Gasteiger partial charge on any atom is -0.495 e. The standard InChI is InChI=1S/C24H21F3N6O2S/c1-34-21-5-3-2-4-20(21)32-23(36)33-31-14-16-6-8-17(9-7-16)22(28)30-15-29-18-10-12-19(13-11-18)35-24(25,26)27/h2-15H,1H3,(H2,28,29,30)(H2,32,33,36)/b31-14+. The molecular formula is C24H21F3N6O2S. The van der Waals surface area contributed by atoms with E-state index < -0.39 is 6.36 Å². The predicted molar refractivity (Wildman–Crippen MR) is 138 cm³/mol. The van der Waals surface area contributed by atoms with Gasteiger partial charge in [0.05, 0.1) is 24.7 Å². The Morgan fingerprint density at radius 2 is 1.69 bits per heavy atom. The van der Waals surface area contributed by atoms with Crippen molar-refractivity contribution in [2.75, 3.05) is 12.4 Å². The molecule has 0 aromatic heterocycles. The lowest BCUT2D eigenvalue weighted by atomic mass is 10.1. The molecule has 4 N–H and O–H groups in total. The van der Waals surface area contributed by atoms with Crippen molar-refractivity contribution in [2.24, 2.45) is 20.8 Å². The van der Waals surface area contributed by atoms with Crippen molar-refractivity contribution in [1.29, 1.82) is 0 Å². The topological polar surface area (TPSA) is 106 Å². The van der Waals surface area contributed by atoms with E-state index in [1.807, 2.05) is 24.3 Å². The summed E-state index contributed by atoms with van der Waals surface area (Å²) in [4.78, 5) is 8.09. The fourth-order valence-electron chi connectivity index (χ4n) is 2.77. The van der Waals surface area contributed by atoms with E-state index in [-0.39, 0.29) is 11.6 Å². The van der Waals surface area contributed by atoms with Crippen LogP contribution in [0.3, 0.4) is 0 Å². The zero-order chi connectivity index (χ0) is 26.0. The molecule has 186 valence electrons. The van der Waals surface area contributed by atoms with E-state index in [0.717, 1.165) is 17.7 Å². The summed E-state index contributed by atoms with van der Waals surface area (Å²) in [6.07, 6.45) is -1.95. The minimum atomic E-state index is -4.75. The number of anilines is 1. The zero-order valence-corrected chi connectivity index (χ0v) is 19.7.